The second kappa shape index (κ2) is 15.8. The number of benzene rings is 1. The molecule has 1 aromatic heterocycles. The Bertz CT molecular complexity index is 803. The number of nitrogens with one attached hydrogen (secondary N) is 2. The average Bonchev–Trinajstić information content (AvgIpc) is 3.22. The van der Waals surface area contributed by atoms with E-state index in [0.29, 0.717) is 5.75 Å². The third-order valence-corrected chi connectivity index (χ3v) is 7.27. The van der Waals surface area contributed by atoms with Crippen LogP contribution in [0.2, 0.25) is 0 Å². The topological polar surface area (TPSA) is 74.2 Å². The van der Waals surface area contributed by atoms with Crippen molar-refractivity contribution in [3.63, 3.8) is 0 Å². The number of thioether (sulfide) groups is 1. The number of allylic oxidation sites excluding steroid dienone is 1. The number of carbonyl (C=O) groups is 1. The first kappa shape index (κ1) is 26.3. The maximum absolute atomic E-state index is 10.6. The molecule has 3 N–H and O–H groups in total. The van der Waals surface area contributed by atoms with E-state index in [2.05, 4.69) is 59.8 Å². The standard InChI is InChI=1S/C18H23N3O2S2.C7H14/c1-2-6-15(19-11-9-14-7-4-3-5-8-14)21-18-20-13-17(25-18)24-12-10-16(22)23;1-7-5-3-2-4-6-7/h3-8,13,19H,2,9-12H2,1H3,(H,20,21)(H,22,23);7H,2-6H2,1H3/b15-6+;. The molecule has 0 spiro atoms. The molecule has 1 aliphatic rings. The molecule has 5 nitrogen and oxygen atoms in total. The summed E-state index contributed by atoms with van der Waals surface area (Å²) in [5.74, 6) is 1.78. The first-order chi connectivity index (χ1) is 15.6. The number of carboxylic acids is 1. The molecule has 176 valence electrons. The smallest absolute Gasteiger partial charge is 0.304 e. The van der Waals surface area contributed by atoms with E-state index >= 15 is 0 Å². The van der Waals surface area contributed by atoms with E-state index < -0.39 is 5.97 Å². The third-order valence-electron chi connectivity index (χ3n) is 5.16. The highest BCUT2D eigenvalue weighted by molar-refractivity contribution is 8.01. The van der Waals surface area contributed by atoms with E-state index in [1.54, 1.807) is 6.20 Å². The maximum Gasteiger partial charge on any atom is 0.304 e. The molecule has 1 aliphatic carbocycles. The molecule has 32 heavy (non-hydrogen) atoms. The van der Waals surface area contributed by atoms with Crippen molar-refractivity contribution in [2.45, 2.75) is 69.4 Å². The summed E-state index contributed by atoms with van der Waals surface area (Å²) < 4.78 is 1.02. The van der Waals surface area contributed by atoms with Crippen LogP contribution in [0.3, 0.4) is 0 Å². The molecular formula is C25H37N3O2S2. The molecule has 0 aliphatic heterocycles. The van der Waals surface area contributed by atoms with Crippen molar-refractivity contribution in [1.29, 1.82) is 0 Å². The normalized spacial score (nSPS) is 14.4. The van der Waals surface area contributed by atoms with Gasteiger partial charge in [0.15, 0.2) is 5.13 Å². The monoisotopic (exact) mass is 475 g/mol. The Morgan fingerprint density at radius 1 is 1.25 bits per heavy atom. The molecule has 1 aromatic carbocycles. The van der Waals surface area contributed by atoms with Gasteiger partial charge in [-0.1, -0.05) is 87.6 Å². The Morgan fingerprint density at radius 3 is 2.62 bits per heavy atom. The average molecular weight is 476 g/mol. The predicted octanol–water partition coefficient (Wildman–Crippen LogP) is 6.79. The third kappa shape index (κ3) is 11.6. The molecule has 1 saturated carbocycles. The van der Waals surface area contributed by atoms with Gasteiger partial charge in [0.2, 0.25) is 0 Å². The lowest BCUT2D eigenvalue weighted by Gasteiger charge is -2.15. The molecule has 2 aromatic rings. The number of thiazole rings is 1. The molecule has 0 amide bonds. The number of carboxylic acid groups (broad SMARTS) is 1. The van der Waals surface area contributed by atoms with E-state index in [4.69, 9.17) is 5.11 Å². The van der Waals surface area contributed by atoms with Gasteiger partial charge in [-0.25, -0.2) is 4.98 Å². The van der Waals surface area contributed by atoms with Gasteiger partial charge in [-0.15, -0.1) is 11.8 Å². The van der Waals surface area contributed by atoms with E-state index in [9.17, 15) is 4.79 Å². The van der Waals surface area contributed by atoms with Crippen LogP contribution in [-0.2, 0) is 11.2 Å². The van der Waals surface area contributed by atoms with Crippen LogP contribution in [0.25, 0.3) is 0 Å². The fourth-order valence-corrected chi connectivity index (χ4v) is 5.29. The predicted molar refractivity (Wildman–Crippen MR) is 137 cm³/mol. The van der Waals surface area contributed by atoms with E-state index in [0.717, 1.165) is 40.5 Å². The van der Waals surface area contributed by atoms with Gasteiger partial charge in [-0.05, 0) is 30.4 Å². The lowest BCUT2D eigenvalue weighted by atomic mass is 9.91. The van der Waals surface area contributed by atoms with Gasteiger partial charge < -0.3 is 15.7 Å². The number of aromatic nitrogens is 1. The van der Waals surface area contributed by atoms with Gasteiger partial charge in [0.25, 0.3) is 0 Å². The fourth-order valence-electron chi connectivity index (χ4n) is 3.40. The summed E-state index contributed by atoms with van der Waals surface area (Å²) in [6.45, 7) is 5.29. The Labute approximate surface area is 201 Å². The molecule has 0 atom stereocenters. The maximum atomic E-state index is 10.6. The summed E-state index contributed by atoms with van der Waals surface area (Å²) in [5, 5.41) is 16.2. The number of aliphatic carboxylic acids is 1. The minimum atomic E-state index is -0.772. The summed E-state index contributed by atoms with van der Waals surface area (Å²) in [6.07, 6.45) is 13.4. The van der Waals surface area contributed by atoms with Crippen LogP contribution in [0, 0.1) is 5.92 Å². The Hall–Kier alpha value is -1.99. The minimum Gasteiger partial charge on any atom is -0.481 e. The fraction of sp³-hybridized carbons (Fsp3) is 0.520. The van der Waals surface area contributed by atoms with Gasteiger partial charge in [0, 0.05) is 12.3 Å². The highest BCUT2D eigenvalue weighted by Gasteiger charge is 2.07. The van der Waals surface area contributed by atoms with Crippen LogP contribution >= 0.6 is 23.1 Å². The summed E-state index contributed by atoms with van der Waals surface area (Å²) in [5.41, 5.74) is 1.30. The van der Waals surface area contributed by atoms with Crippen LogP contribution < -0.4 is 10.6 Å². The molecule has 1 heterocycles. The van der Waals surface area contributed by atoms with Crippen LogP contribution in [0.5, 0.6) is 0 Å². The lowest BCUT2D eigenvalue weighted by molar-refractivity contribution is -0.136. The Morgan fingerprint density at radius 2 is 2.00 bits per heavy atom. The zero-order valence-corrected chi connectivity index (χ0v) is 20.9. The second-order valence-corrected chi connectivity index (χ2v) is 10.5. The van der Waals surface area contributed by atoms with Crippen molar-refractivity contribution in [2.24, 2.45) is 5.92 Å². The van der Waals surface area contributed by atoms with Gasteiger partial charge >= 0.3 is 5.97 Å². The number of anilines is 1. The van der Waals surface area contributed by atoms with E-state index in [1.165, 1.54) is 60.8 Å². The van der Waals surface area contributed by atoms with Gasteiger partial charge in [-0.3, -0.25) is 4.79 Å². The largest absolute Gasteiger partial charge is 0.481 e. The first-order valence-corrected chi connectivity index (χ1v) is 13.4. The minimum absolute atomic E-state index is 0.160. The van der Waals surface area contributed by atoms with E-state index in [-0.39, 0.29) is 6.42 Å². The first-order valence-electron chi connectivity index (χ1n) is 11.6. The molecule has 3 rings (SSSR count). The Balaban J connectivity index is 0.000000439. The zero-order chi connectivity index (χ0) is 23.0. The molecule has 7 heteroatoms. The molecule has 0 bridgehead atoms. The van der Waals surface area contributed by atoms with E-state index in [1.807, 2.05) is 6.07 Å². The Kier molecular flexibility index (Phi) is 12.9. The highest BCUT2D eigenvalue weighted by Crippen LogP contribution is 2.29. The van der Waals surface area contributed by atoms with Crippen molar-refractivity contribution in [2.75, 3.05) is 17.6 Å². The van der Waals surface area contributed by atoms with Gasteiger partial charge in [0.05, 0.1) is 16.8 Å². The van der Waals surface area contributed by atoms with Crippen LogP contribution in [-0.4, -0.2) is 28.4 Å². The molecule has 0 unspecified atom stereocenters. The molecular weight excluding hydrogens is 438 g/mol. The number of hydrogen-bond acceptors (Lipinski definition) is 6. The van der Waals surface area contributed by atoms with Crippen molar-refractivity contribution >= 4 is 34.2 Å². The summed E-state index contributed by atoms with van der Waals surface area (Å²) >= 11 is 3.06. The van der Waals surface area contributed by atoms with Crippen LogP contribution in [0.1, 0.15) is 64.4 Å². The molecule has 0 radical (unpaired) electrons. The second-order valence-electron chi connectivity index (χ2n) is 8.03. The SMILES string of the molecule is CC/C=C(\NCCc1ccccc1)Nc1ncc(SCCC(=O)O)s1.CC1CCCCC1. The van der Waals surface area contributed by atoms with Crippen LogP contribution in [0.4, 0.5) is 5.13 Å². The van der Waals surface area contributed by atoms with Gasteiger partial charge in [0.1, 0.15) is 5.82 Å². The highest BCUT2D eigenvalue weighted by atomic mass is 32.2. The van der Waals surface area contributed by atoms with Crippen molar-refractivity contribution in [3.8, 4) is 0 Å². The van der Waals surface area contributed by atoms with Crippen molar-refractivity contribution in [1.82, 2.24) is 10.3 Å². The quantitative estimate of drug-likeness (QED) is 0.311. The molecule has 1 fully saturated rings. The summed E-state index contributed by atoms with van der Waals surface area (Å²) in [6, 6.07) is 10.4. The molecule has 0 saturated heterocycles. The van der Waals surface area contributed by atoms with Crippen molar-refractivity contribution < 1.29 is 9.90 Å². The summed E-state index contributed by atoms with van der Waals surface area (Å²) in [4.78, 5) is 14.9. The van der Waals surface area contributed by atoms with Gasteiger partial charge in [-0.2, -0.15) is 0 Å². The zero-order valence-electron chi connectivity index (χ0n) is 19.3. The lowest BCUT2D eigenvalue weighted by Crippen LogP contribution is -2.22. The van der Waals surface area contributed by atoms with Crippen molar-refractivity contribution in [3.05, 3.63) is 54.0 Å². The summed E-state index contributed by atoms with van der Waals surface area (Å²) in [7, 11) is 0. The van der Waals surface area contributed by atoms with Crippen LogP contribution in [0.15, 0.2) is 52.6 Å². The number of rotatable bonds is 11. The number of nitrogens with zero attached hydrogens (tertiary/aromatic N) is 1. The number of hydrogen-bond donors (Lipinski definition) is 3.